The Kier molecular flexibility index (Phi) is 12.9. The first-order valence-electron chi connectivity index (χ1n) is 9.71. The van der Waals surface area contributed by atoms with Crippen LogP contribution in [0.1, 0.15) is 66.7 Å². The number of aliphatic imine (C=N–C) groups is 1. The van der Waals surface area contributed by atoms with E-state index in [1.54, 1.807) is 0 Å². The predicted octanol–water partition coefficient (Wildman–Crippen LogP) is 5.11. The zero-order chi connectivity index (χ0) is 20.3. The van der Waals surface area contributed by atoms with Gasteiger partial charge in [0.15, 0.2) is 5.96 Å². The van der Waals surface area contributed by atoms with Gasteiger partial charge in [0, 0.05) is 18.7 Å². The fraction of sp³-hybridized carbons (Fsp3) is 0.619. The Morgan fingerprint density at radius 2 is 1.71 bits per heavy atom. The van der Waals surface area contributed by atoms with Gasteiger partial charge < -0.3 is 20.5 Å². The lowest BCUT2D eigenvalue weighted by molar-refractivity contribution is -0.154. The van der Waals surface area contributed by atoms with Crippen LogP contribution in [-0.2, 0) is 9.53 Å². The van der Waals surface area contributed by atoms with Crippen molar-refractivity contribution in [2.45, 2.75) is 78.4 Å². The molecule has 7 heteroatoms. The van der Waals surface area contributed by atoms with Crippen molar-refractivity contribution in [1.82, 2.24) is 0 Å². The molecule has 3 N–H and O–H groups in total. The molecule has 0 amide bonds. The van der Waals surface area contributed by atoms with Gasteiger partial charge in [-0.15, -0.1) is 24.0 Å². The number of guanidine groups is 1. The molecule has 28 heavy (non-hydrogen) atoms. The zero-order valence-corrected chi connectivity index (χ0v) is 20.1. The van der Waals surface area contributed by atoms with Crippen molar-refractivity contribution < 1.29 is 14.3 Å². The average molecular weight is 505 g/mol. The Hall–Kier alpha value is -1.51. The number of benzene rings is 1. The minimum absolute atomic E-state index is 0. The summed E-state index contributed by atoms with van der Waals surface area (Å²) < 4.78 is 10.9. The van der Waals surface area contributed by atoms with Gasteiger partial charge in [0.25, 0.3) is 0 Å². The summed E-state index contributed by atoms with van der Waals surface area (Å²) in [6.07, 6.45) is 4.41. The van der Waals surface area contributed by atoms with E-state index in [0.29, 0.717) is 18.9 Å². The second kappa shape index (κ2) is 13.6. The van der Waals surface area contributed by atoms with Crippen LogP contribution in [-0.4, -0.2) is 30.2 Å². The Balaban J connectivity index is 0.00000729. The molecule has 160 valence electrons. The molecular formula is C21H36IN3O3. The van der Waals surface area contributed by atoms with Crippen LogP contribution in [0, 0.1) is 0 Å². The van der Waals surface area contributed by atoms with E-state index in [1.165, 1.54) is 0 Å². The van der Waals surface area contributed by atoms with E-state index in [0.717, 1.165) is 37.1 Å². The fourth-order valence-electron chi connectivity index (χ4n) is 2.40. The maximum atomic E-state index is 11.6. The van der Waals surface area contributed by atoms with E-state index in [-0.39, 0.29) is 36.0 Å². The summed E-state index contributed by atoms with van der Waals surface area (Å²) in [5, 5.41) is 3.07. The lowest BCUT2D eigenvalue weighted by Gasteiger charge is -2.19. The van der Waals surface area contributed by atoms with Gasteiger partial charge in [-0.05, 0) is 71.7 Å². The molecule has 0 aliphatic rings. The number of nitrogens with zero attached hydrogens (tertiary/aromatic N) is 1. The summed E-state index contributed by atoms with van der Waals surface area (Å²) in [6.45, 7) is 10.3. The number of nitrogens with one attached hydrogen (secondary N) is 1. The van der Waals surface area contributed by atoms with Gasteiger partial charge in [-0.1, -0.05) is 12.8 Å². The zero-order valence-electron chi connectivity index (χ0n) is 17.8. The van der Waals surface area contributed by atoms with E-state index in [2.05, 4.69) is 10.3 Å². The number of hydrogen-bond acceptors (Lipinski definition) is 4. The minimum Gasteiger partial charge on any atom is -0.491 e. The van der Waals surface area contributed by atoms with Crippen LogP contribution in [0.5, 0.6) is 5.75 Å². The van der Waals surface area contributed by atoms with Crippen molar-refractivity contribution in [3.8, 4) is 5.75 Å². The Bertz CT molecular complexity index is 596. The highest BCUT2D eigenvalue weighted by Crippen LogP contribution is 2.16. The Morgan fingerprint density at radius 3 is 2.29 bits per heavy atom. The standard InChI is InChI=1S/C21H35N3O3.HI/c1-16(2)26-18-13-11-17(12-14-18)24-20(22)23-15-9-7-6-8-10-19(25)27-21(3,4)5;/h11-14,16H,6-10,15H2,1-5H3,(H3,22,23,24);1H. The molecule has 0 saturated heterocycles. The van der Waals surface area contributed by atoms with E-state index in [4.69, 9.17) is 15.2 Å². The molecule has 0 aliphatic heterocycles. The largest absolute Gasteiger partial charge is 0.491 e. The van der Waals surface area contributed by atoms with Crippen LogP contribution in [0.2, 0.25) is 0 Å². The number of anilines is 1. The van der Waals surface area contributed by atoms with Gasteiger partial charge in [-0.3, -0.25) is 9.79 Å². The number of esters is 1. The van der Waals surface area contributed by atoms with Crippen LogP contribution in [0.15, 0.2) is 29.3 Å². The highest BCUT2D eigenvalue weighted by molar-refractivity contribution is 14.0. The van der Waals surface area contributed by atoms with Crippen LogP contribution >= 0.6 is 24.0 Å². The number of carbonyl (C=O) groups is 1. The highest BCUT2D eigenvalue weighted by Gasteiger charge is 2.15. The monoisotopic (exact) mass is 505 g/mol. The number of hydrogen-bond donors (Lipinski definition) is 2. The molecule has 0 aromatic heterocycles. The summed E-state index contributed by atoms with van der Waals surface area (Å²) in [4.78, 5) is 15.9. The predicted molar refractivity (Wildman–Crippen MR) is 127 cm³/mol. The lowest BCUT2D eigenvalue weighted by Crippen LogP contribution is -2.23. The van der Waals surface area contributed by atoms with Crippen LogP contribution in [0.4, 0.5) is 5.69 Å². The molecule has 1 aromatic rings. The quantitative estimate of drug-likeness (QED) is 0.152. The second-order valence-electron chi connectivity index (χ2n) is 7.83. The summed E-state index contributed by atoms with van der Waals surface area (Å²) in [5.74, 6) is 1.11. The maximum absolute atomic E-state index is 11.6. The Morgan fingerprint density at radius 1 is 1.11 bits per heavy atom. The van der Waals surface area contributed by atoms with Crippen molar-refractivity contribution in [3.05, 3.63) is 24.3 Å². The molecule has 1 aromatic carbocycles. The average Bonchev–Trinajstić information content (AvgIpc) is 2.53. The van der Waals surface area contributed by atoms with Crippen LogP contribution < -0.4 is 15.8 Å². The number of unbranched alkanes of at least 4 members (excludes halogenated alkanes) is 3. The van der Waals surface area contributed by atoms with Gasteiger partial charge in [0.1, 0.15) is 11.4 Å². The third-order valence-electron chi connectivity index (χ3n) is 3.49. The van der Waals surface area contributed by atoms with Crippen molar-refractivity contribution in [3.63, 3.8) is 0 Å². The molecule has 1 rings (SSSR count). The first-order chi connectivity index (χ1) is 12.7. The van der Waals surface area contributed by atoms with E-state index >= 15 is 0 Å². The molecule has 0 heterocycles. The van der Waals surface area contributed by atoms with Gasteiger partial charge in [-0.25, -0.2) is 0 Å². The van der Waals surface area contributed by atoms with Crippen molar-refractivity contribution in [1.29, 1.82) is 0 Å². The minimum atomic E-state index is -0.405. The number of ether oxygens (including phenoxy) is 2. The van der Waals surface area contributed by atoms with E-state index in [9.17, 15) is 4.79 Å². The molecule has 0 spiro atoms. The number of rotatable bonds is 10. The van der Waals surface area contributed by atoms with Gasteiger partial charge >= 0.3 is 5.97 Å². The molecule has 6 nitrogen and oxygen atoms in total. The summed E-state index contributed by atoms with van der Waals surface area (Å²) in [6, 6.07) is 7.63. The molecular weight excluding hydrogens is 469 g/mol. The summed E-state index contributed by atoms with van der Waals surface area (Å²) in [7, 11) is 0. The number of nitrogens with two attached hydrogens (primary N) is 1. The number of halogens is 1. The molecule has 0 saturated carbocycles. The van der Waals surface area contributed by atoms with Crippen LogP contribution in [0.3, 0.4) is 0 Å². The van der Waals surface area contributed by atoms with E-state index in [1.807, 2.05) is 58.9 Å². The normalized spacial score (nSPS) is 11.7. The summed E-state index contributed by atoms with van der Waals surface area (Å²) >= 11 is 0. The molecule has 0 unspecified atom stereocenters. The highest BCUT2D eigenvalue weighted by atomic mass is 127. The second-order valence-corrected chi connectivity index (χ2v) is 7.83. The van der Waals surface area contributed by atoms with Gasteiger partial charge in [-0.2, -0.15) is 0 Å². The molecule has 0 bridgehead atoms. The van der Waals surface area contributed by atoms with Crippen molar-refractivity contribution in [2.75, 3.05) is 11.9 Å². The Labute approximate surface area is 186 Å². The van der Waals surface area contributed by atoms with E-state index < -0.39 is 5.60 Å². The fourth-order valence-corrected chi connectivity index (χ4v) is 2.40. The first kappa shape index (κ1) is 26.5. The topological polar surface area (TPSA) is 85.9 Å². The number of carbonyl (C=O) groups excluding carboxylic acids is 1. The molecule has 0 aliphatic carbocycles. The van der Waals surface area contributed by atoms with Gasteiger partial charge in [0.05, 0.1) is 6.10 Å². The van der Waals surface area contributed by atoms with Gasteiger partial charge in [0.2, 0.25) is 0 Å². The third-order valence-corrected chi connectivity index (χ3v) is 3.49. The maximum Gasteiger partial charge on any atom is 0.306 e. The third kappa shape index (κ3) is 13.6. The molecule has 0 radical (unpaired) electrons. The summed E-state index contributed by atoms with van der Waals surface area (Å²) in [5.41, 5.74) is 6.39. The van der Waals surface area contributed by atoms with Crippen molar-refractivity contribution >= 4 is 41.6 Å². The molecule has 0 fully saturated rings. The lowest BCUT2D eigenvalue weighted by atomic mass is 10.1. The SMILES string of the molecule is CC(C)Oc1ccc(NC(N)=NCCCCCCC(=O)OC(C)(C)C)cc1.I. The molecule has 0 atom stereocenters. The first-order valence-corrected chi connectivity index (χ1v) is 9.71. The smallest absolute Gasteiger partial charge is 0.306 e. The van der Waals surface area contributed by atoms with Crippen LogP contribution in [0.25, 0.3) is 0 Å². The van der Waals surface area contributed by atoms with Crippen molar-refractivity contribution in [2.24, 2.45) is 10.7 Å².